The second kappa shape index (κ2) is 9.43. The number of carbonyl (C=O) groups excluding carboxylic acids is 1. The largest absolute Gasteiger partial charge is 0.474 e. The average molecular weight is 458 g/mol. The number of hydrogen-bond donors (Lipinski definition) is 1. The van der Waals surface area contributed by atoms with E-state index < -0.39 is 5.82 Å². The SMILES string of the molecule is O=C(c1cc(Cc2n[nH]c(=O)c3ccccc23)ccc1F)N1CCC(Oc2ccccn2)CC1. The van der Waals surface area contributed by atoms with Gasteiger partial charge < -0.3 is 9.64 Å². The zero-order valence-corrected chi connectivity index (χ0v) is 18.4. The molecule has 0 atom stereocenters. The van der Waals surface area contributed by atoms with Crippen LogP contribution in [0.5, 0.6) is 5.88 Å². The number of rotatable bonds is 5. The minimum absolute atomic E-state index is 0.0327. The molecule has 2 aromatic heterocycles. The summed E-state index contributed by atoms with van der Waals surface area (Å²) in [5, 5.41) is 7.98. The fourth-order valence-electron chi connectivity index (χ4n) is 4.28. The molecule has 3 heterocycles. The third kappa shape index (κ3) is 4.52. The Bertz CT molecular complexity index is 1380. The number of nitrogens with zero attached hydrogens (tertiary/aromatic N) is 3. The van der Waals surface area contributed by atoms with Crippen LogP contribution < -0.4 is 10.3 Å². The van der Waals surface area contributed by atoms with Crippen LogP contribution in [0.2, 0.25) is 0 Å². The molecule has 1 aliphatic heterocycles. The molecule has 1 fully saturated rings. The maximum absolute atomic E-state index is 14.6. The van der Waals surface area contributed by atoms with E-state index in [2.05, 4.69) is 15.2 Å². The van der Waals surface area contributed by atoms with E-state index in [4.69, 9.17) is 4.74 Å². The average Bonchev–Trinajstić information content (AvgIpc) is 2.88. The fourth-order valence-corrected chi connectivity index (χ4v) is 4.28. The van der Waals surface area contributed by atoms with Crippen LogP contribution in [0.15, 0.2) is 71.7 Å². The number of nitrogens with one attached hydrogen (secondary N) is 1. The number of amides is 1. The molecule has 5 rings (SSSR count). The molecule has 2 aromatic carbocycles. The Labute approximate surface area is 195 Å². The van der Waals surface area contributed by atoms with Gasteiger partial charge >= 0.3 is 0 Å². The van der Waals surface area contributed by atoms with E-state index in [-0.39, 0.29) is 23.1 Å². The summed E-state index contributed by atoms with van der Waals surface area (Å²) >= 11 is 0. The topological polar surface area (TPSA) is 88.2 Å². The van der Waals surface area contributed by atoms with E-state index in [0.717, 1.165) is 10.9 Å². The van der Waals surface area contributed by atoms with Crippen LogP contribution in [-0.4, -0.2) is 45.2 Å². The van der Waals surface area contributed by atoms with Crippen LogP contribution in [0.3, 0.4) is 0 Å². The van der Waals surface area contributed by atoms with Gasteiger partial charge in [-0.1, -0.05) is 30.3 Å². The van der Waals surface area contributed by atoms with Gasteiger partial charge in [0, 0.05) is 50.0 Å². The first-order valence-corrected chi connectivity index (χ1v) is 11.2. The summed E-state index contributed by atoms with van der Waals surface area (Å²) < 4.78 is 20.5. The molecular formula is C26H23FN4O3. The van der Waals surface area contributed by atoms with Gasteiger partial charge in [-0.15, -0.1) is 0 Å². The molecule has 0 radical (unpaired) electrons. The molecule has 34 heavy (non-hydrogen) atoms. The zero-order valence-electron chi connectivity index (χ0n) is 18.4. The Hall–Kier alpha value is -4.07. The lowest BCUT2D eigenvalue weighted by Crippen LogP contribution is -2.42. The third-order valence-electron chi connectivity index (χ3n) is 6.06. The molecule has 0 spiro atoms. The van der Waals surface area contributed by atoms with Gasteiger partial charge in [0.2, 0.25) is 5.88 Å². The van der Waals surface area contributed by atoms with Gasteiger partial charge in [0.25, 0.3) is 11.5 Å². The van der Waals surface area contributed by atoms with E-state index in [9.17, 15) is 14.0 Å². The van der Waals surface area contributed by atoms with Crippen LogP contribution in [0.4, 0.5) is 4.39 Å². The highest BCUT2D eigenvalue weighted by Crippen LogP contribution is 2.22. The Morgan fingerprint density at radius 1 is 1.06 bits per heavy atom. The Morgan fingerprint density at radius 3 is 2.59 bits per heavy atom. The number of hydrogen-bond acceptors (Lipinski definition) is 5. The van der Waals surface area contributed by atoms with Gasteiger partial charge in [-0.2, -0.15) is 5.10 Å². The zero-order chi connectivity index (χ0) is 23.5. The molecule has 0 aliphatic carbocycles. The highest BCUT2D eigenvalue weighted by Gasteiger charge is 2.26. The number of aromatic amines is 1. The van der Waals surface area contributed by atoms with Crippen LogP contribution >= 0.6 is 0 Å². The second-order valence-corrected chi connectivity index (χ2v) is 8.31. The van der Waals surface area contributed by atoms with Crippen molar-refractivity contribution in [3.8, 4) is 5.88 Å². The summed E-state index contributed by atoms with van der Waals surface area (Å²) in [6.07, 6.45) is 3.30. The summed E-state index contributed by atoms with van der Waals surface area (Å²) in [5.74, 6) is -0.329. The van der Waals surface area contributed by atoms with E-state index in [1.54, 1.807) is 41.4 Å². The molecule has 0 unspecified atom stereocenters. The Kier molecular flexibility index (Phi) is 6.03. The minimum Gasteiger partial charge on any atom is -0.474 e. The molecule has 7 nitrogen and oxygen atoms in total. The van der Waals surface area contributed by atoms with E-state index >= 15 is 0 Å². The molecule has 8 heteroatoms. The summed E-state index contributed by atoms with van der Waals surface area (Å²) in [7, 11) is 0. The van der Waals surface area contributed by atoms with E-state index in [0.29, 0.717) is 49.3 Å². The molecular weight excluding hydrogens is 435 g/mol. The van der Waals surface area contributed by atoms with Crippen molar-refractivity contribution >= 4 is 16.7 Å². The van der Waals surface area contributed by atoms with Crippen molar-refractivity contribution in [3.63, 3.8) is 0 Å². The Balaban J connectivity index is 1.30. The molecule has 0 bridgehead atoms. The van der Waals surface area contributed by atoms with Crippen LogP contribution in [0.25, 0.3) is 10.8 Å². The highest BCUT2D eigenvalue weighted by molar-refractivity contribution is 5.95. The fraction of sp³-hybridized carbons (Fsp3) is 0.231. The number of fused-ring (bicyclic) bond motifs is 1. The molecule has 1 amide bonds. The lowest BCUT2D eigenvalue weighted by molar-refractivity contribution is 0.0583. The predicted molar refractivity (Wildman–Crippen MR) is 125 cm³/mol. The van der Waals surface area contributed by atoms with Gasteiger partial charge in [-0.25, -0.2) is 14.5 Å². The van der Waals surface area contributed by atoms with Crippen molar-refractivity contribution < 1.29 is 13.9 Å². The van der Waals surface area contributed by atoms with Gasteiger partial charge in [0.05, 0.1) is 16.6 Å². The third-order valence-corrected chi connectivity index (χ3v) is 6.06. The standard InChI is InChI=1S/C26H23FN4O3/c27-22-9-8-17(16-23-19-5-1-2-6-20(19)25(32)30-29-23)15-21(22)26(33)31-13-10-18(11-14-31)34-24-7-3-4-12-28-24/h1-9,12,15,18H,10-11,13-14,16H2,(H,30,32). The number of H-pyrrole nitrogens is 1. The number of carbonyl (C=O) groups is 1. The normalized spacial score (nSPS) is 14.3. The molecule has 0 saturated carbocycles. The maximum Gasteiger partial charge on any atom is 0.272 e. The molecule has 4 aromatic rings. The van der Waals surface area contributed by atoms with Crippen LogP contribution in [-0.2, 0) is 6.42 Å². The second-order valence-electron chi connectivity index (χ2n) is 8.31. The number of halogens is 1. The number of ether oxygens (including phenoxy) is 1. The van der Waals surface area contributed by atoms with Crippen LogP contribution in [0.1, 0.15) is 34.5 Å². The molecule has 1 N–H and O–H groups in total. The van der Waals surface area contributed by atoms with Crippen molar-refractivity contribution in [3.05, 3.63) is 99.9 Å². The first-order chi connectivity index (χ1) is 16.6. The summed E-state index contributed by atoms with van der Waals surface area (Å²) in [5.41, 5.74) is 1.18. The number of benzene rings is 2. The lowest BCUT2D eigenvalue weighted by atomic mass is 10.0. The first kappa shape index (κ1) is 21.8. The minimum atomic E-state index is -0.556. The van der Waals surface area contributed by atoms with Gasteiger partial charge in [0.15, 0.2) is 0 Å². The quantitative estimate of drug-likeness (QED) is 0.492. The Morgan fingerprint density at radius 2 is 1.82 bits per heavy atom. The number of pyridine rings is 1. The molecule has 172 valence electrons. The van der Waals surface area contributed by atoms with Gasteiger partial charge in [-0.3, -0.25) is 9.59 Å². The van der Waals surface area contributed by atoms with Crippen LogP contribution in [0, 0.1) is 5.82 Å². The maximum atomic E-state index is 14.6. The molecule has 1 aliphatic rings. The molecule has 1 saturated heterocycles. The predicted octanol–water partition coefficient (Wildman–Crippen LogP) is 3.73. The van der Waals surface area contributed by atoms with Crippen molar-refractivity contribution in [2.24, 2.45) is 0 Å². The number of aromatic nitrogens is 3. The van der Waals surface area contributed by atoms with Crippen molar-refractivity contribution in [1.29, 1.82) is 0 Å². The van der Waals surface area contributed by atoms with Gasteiger partial charge in [0.1, 0.15) is 11.9 Å². The smallest absolute Gasteiger partial charge is 0.272 e. The first-order valence-electron chi connectivity index (χ1n) is 11.2. The van der Waals surface area contributed by atoms with E-state index in [1.165, 1.54) is 6.07 Å². The highest BCUT2D eigenvalue weighted by atomic mass is 19.1. The summed E-state index contributed by atoms with van der Waals surface area (Å²) in [6, 6.07) is 17.2. The summed E-state index contributed by atoms with van der Waals surface area (Å²) in [4.78, 5) is 31.0. The van der Waals surface area contributed by atoms with Crippen molar-refractivity contribution in [2.75, 3.05) is 13.1 Å². The van der Waals surface area contributed by atoms with E-state index in [1.807, 2.05) is 24.3 Å². The van der Waals surface area contributed by atoms with Crippen molar-refractivity contribution in [1.82, 2.24) is 20.1 Å². The van der Waals surface area contributed by atoms with Crippen molar-refractivity contribution in [2.45, 2.75) is 25.4 Å². The monoisotopic (exact) mass is 458 g/mol. The number of likely N-dealkylation sites (tertiary alicyclic amines) is 1. The summed E-state index contributed by atoms with van der Waals surface area (Å²) in [6.45, 7) is 0.957. The number of piperidine rings is 1. The lowest BCUT2D eigenvalue weighted by Gasteiger charge is -2.32. The van der Waals surface area contributed by atoms with Gasteiger partial charge in [-0.05, 0) is 29.8 Å².